The SMILES string of the molecule is Cc1n[nH]c(C(C)(C)CNCCO)c1N. The van der Waals surface area contributed by atoms with Crippen molar-refractivity contribution >= 4 is 5.69 Å². The molecule has 0 saturated carbocycles. The van der Waals surface area contributed by atoms with Crippen molar-refractivity contribution in [3.63, 3.8) is 0 Å². The Morgan fingerprint density at radius 1 is 1.53 bits per heavy atom. The molecule has 1 aromatic rings. The van der Waals surface area contributed by atoms with Gasteiger partial charge in [-0.05, 0) is 6.92 Å². The quantitative estimate of drug-likeness (QED) is 0.524. The Kier molecular flexibility index (Phi) is 3.71. The van der Waals surface area contributed by atoms with Crippen LogP contribution in [-0.2, 0) is 5.41 Å². The summed E-state index contributed by atoms with van der Waals surface area (Å²) in [5, 5.41) is 18.9. The van der Waals surface area contributed by atoms with E-state index in [4.69, 9.17) is 10.8 Å². The molecule has 0 aliphatic heterocycles. The van der Waals surface area contributed by atoms with E-state index in [0.29, 0.717) is 6.54 Å². The van der Waals surface area contributed by atoms with Crippen LogP contribution in [0.2, 0.25) is 0 Å². The van der Waals surface area contributed by atoms with Gasteiger partial charge in [0.1, 0.15) is 0 Å². The van der Waals surface area contributed by atoms with Crippen LogP contribution in [0.3, 0.4) is 0 Å². The molecule has 1 aromatic heterocycles. The number of aromatic nitrogens is 2. The van der Waals surface area contributed by atoms with E-state index in [1.807, 2.05) is 6.92 Å². The van der Waals surface area contributed by atoms with E-state index in [1.165, 1.54) is 0 Å². The van der Waals surface area contributed by atoms with Crippen LogP contribution in [0.15, 0.2) is 0 Å². The minimum Gasteiger partial charge on any atom is -0.396 e. The fourth-order valence-corrected chi connectivity index (χ4v) is 1.53. The minimum atomic E-state index is -0.111. The van der Waals surface area contributed by atoms with Crippen molar-refractivity contribution in [3.05, 3.63) is 11.4 Å². The molecule has 1 heterocycles. The Bertz CT molecular complexity index is 319. The number of aromatic amines is 1. The summed E-state index contributed by atoms with van der Waals surface area (Å²) in [7, 11) is 0. The largest absolute Gasteiger partial charge is 0.396 e. The predicted octanol–water partition coefficient (Wildman–Crippen LogP) is 0.160. The van der Waals surface area contributed by atoms with Crippen LogP contribution >= 0.6 is 0 Å². The molecule has 0 atom stereocenters. The molecular formula is C10H20N4O. The smallest absolute Gasteiger partial charge is 0.0823 e. The van der Waals surface area contributed by atoms with Crippen molar-refractivity contribution in [1.29, 1.82) is 0 Å². The maximum absolute atomic E-state index is 8.69. The number of hydrogen-bond donors (Lipinski definition) is 4. The van der Waals surface area contributed by atoms with Gasteiger partial charge in [0.05, 0.1) is 23.7 Å². The maximum atomic E-state index is 8.69. The van der Waals surface area contributed by atoms with Crippen LogP contribution in [0.1, 0.15) is 25.2 Å². The van der Waals surface area contributed by atoms with E-state index in [9.17, 15) is 0 Å². The Labute approximate surface area is 90.1 Å². The zero-order valence-corrected chi connectivity index (χ0v) is 9.59. The fraction of sp³-hybridized carbons (Fsp3) is 0.700. The van der Waals surface area contributed by atoms with Gasteiger partial charge >= 0.3 is 0 Å². The van der Waals surface area contributed by atoms with Crippen molar-refractivity contribution < 1.29 is 5.11 Å². The first kappa shape index (κ1) is 12.0. The lowest BCUT2D eigenvalue weighted by atomic mass is 9.88. The number of anilines is 1. The van der Waals surface area contributed by atoms with Gasteiger partial charge in [0.15, 0.2) is 0 Å². The molecule has 5 heteroatoms. The number of aliphatic hydroxyl groups excluding tert-OH is 1. The number of aliphatic hydroxyl groups is 1. The second-order valence-corrected chi connectivity index (χ2v) is 4.38. The molecule has 1 rings (SSSR count). The first-order valence-electron chi connectivity index (χ1n) is 5.11. The molecule has 0 unspecified atom stereocenters. The van der Waals surface area contributed by atoms with Crippen molar-refractivity contribution in [2.24, 2.45) is 0 Å². The second-order valence-electron chi connectivity index (χ2n) is 4.38. The molecular weight excluding hydrogens is 192 g/mol. The molecule has 5 N–H and O–H groups in total. The summed E-state index contributed by atoms with van der Waals surface area (Å²) < 4.78 is 0. The number of nitrogens with two attached hydrogens (primary N) is 1. The van der Waals surface area contributed by atoms with E-state index in [2.05, 4.69) is 29.4 Å². The lowest BCUT2D eigenvalue weighted by Crippen LogP contribution is -2.35. The third-order valence-corrected chi connectivity index (χ3v) is 2.53. The third-order valence-electron chi connectivity index (χ3n) is 2.53. The molecule has 86 valence electrons. The van der Waals surface area contributed by atoms with Crippen molar-refractivity contribution in [2.75, 3.05) is 25.4 Å². The Balaban J connectivity index is 2.72. The number of nitrogens with one attached hydrogen (secondary N) is 2. The molecule has 0 fully saturated rings. The molecule has 0 spiro atoms. The average Bonchev–Trinajstić information content (AvgIpc) is 2.48. The van der Waals surface area contributed by atoms with Crippen molar-refractivity contribution in [3.8, 4) is 0 Å². The van der Waals surface area contributed by atoms with E-state index in [-0.39, 0.29) is 12.0 Å². The van der Waals surface area contributed by atoms with Gasteiger partial charge in [-0.1, -0.05) is 13.8 Å². The van der Waals surface area contributed by atoms with Gasteiger partial charge in [-0.2, -0.15) is 5.10 Å². The highest BCUT2D eigenvalue weighted by Gasteiger charge is 2.25. The van der Waals surface area contributed by atoms with Crippen LogP contribution in [-0.4, -0.2) is 35.0 Å². The highest BCUT2D eigenvalue weighted by Crippen LogP contribution is 2.27. The van der Waals surface area contributed by atoms with E-state index in [0.717, 1.165) is 23.6 Å². The molecule has 0 bridgehead atoms. The average molecular weight is 212 g/mol. The van der Waals surface area contributed by atoms with Gasteiger partial charge in [0.25, 0.3) is 0 Å². The van der Waals surface area contributed by atoms with E-state index >= 15 is 0 Å². The monoisotopic (exact) mass is 212 g/mol. The first-order chi connectivity index (χ1) is 6.99. The van der Waals surface area contributed by atoms with Crippen LogP contribution in [0.25, 0.3) is 0 Å². The van der Waals surface area contributed by atoms with Gasteiger partial charge in [-0.15, -0.1) is 0 Å². The zero-order chi connectivity index (χ0) is 11.5. The Hall–Kier alpha value is -1.07. The van der Waals surface area contributed by atoms with Crippen LogP contribution in [0.4, 0.5) is 5.69 Å². The minimum absolute atomic E-state index is 0.111. The van der Waals surface area contributed by atoms with E-state index < -0.39 is 0 Å². The third kappa shape index (κ3) is 2.70. The predicted molar refractivity (Wildman–Crippen MR) is 60.7 cm³/mol. The molecule has 15 heavy (non-hydrogen) atoms. The molecule has 0 aliphatic carbocycles. The summed E-state index contributed by atoms with van der Waals surface area (Å²) >= 11 is 0. The standard InChI is InChI=1S/C10H20N4O/c1-7-8(11)9(14-13-7)10(2,3)6-12-4-5-15/h12,15H,4-6,11H2,1-3H3,(H,13,14). The number of aryl methyl sites for hydroxylation is 1. The fourth-order valence-electron chi connectivity index (χ4n) is 1.53. The van der Waals surface area contributed by atoms with Gasteiger partial charge in [0, 0.05) is 18.5 Å². The normalized spacial score (nSPS) is 12.0. The number of H-pyrrole nitrogens is 1. The highest BCUT2D eigenvalue weighted by atomic mass is 16.3. The maximum Gasteiger partial charge on any atom is 0.0823 e. The molecule has 5 nitrogen and oxygen atoms in total. The summed E-state index contributed by atoms with van der Waals surface area (Å²) in [5.74, 6) is 0. The summed E-state index contributed by atoms with van der Waals surface area (Å²) in [6, 6.07) is 0. The number of rotatable bonds is 5. The van der Waals surface area contributed by atoms with Gasteiger partial charge in [-0.25, -0.2) is 0 Å². The summed E-state index contributed by atoms with van der Waals surface area (Å²) in [4.78, 5) is 0. The number of hydrogen-bond acceptors (Lipinski definition) is 4. The molecule has 0 amide bonds. The lowest BCUT2D eigenvalue weighted by molar-refractivity contribution is 0.286. The number of nitrogen functional groups attached to an aromatic ring is 1. The van der Waals surface area contributed by atoms with Crippen LogP contribution in [0.5, 0.6) is 0 Å². The van der Waals surface area contributed by atoms with Crippen LogP contribution < -0.4 is 11.1 Å². The molecule has 0 aromatic carbocycles. The zero-order valence-electron chi connectivity index (χ0n) is 9.59. The molecule has 0 aliphatic rings. The summed E-state index contributed by atoms with van der Waals surface area (Å²) in [6.45, 7) is 7.54. The second kappa shape index (κ2) is 4.63. The lowest BCUT2D eigenvalue weighted by Gasteiger charge is -2.24. The van der Waals surface area contributed by atoms with E-state index in [1.54, 1.807) is 0 Å². The van der Waals surface area contributed by atoms with Gasteiger partial charge in [-0.3, -0.25) is 5.10 Å². The number of nitrogens with zero attached hydrogens (tertiary/aromatic N) is 1. The highest BCUT2D eigenvalue weighted by molar-refractivity contribution is 5.50. The van der Waals surface area contributed by atoms with Crippen LogP contribution in [0, 0.1) is 6.92 Å². The first-order valence-corrected chi connectivity index (χ1v) is 5.11. The summed E-state index contributed by atoms with van der Waals surface area (Å²) in [5.41, 5.74) is 8.32. The Morgan fingerprint density at radius 2 is 2.20 bits per heavy atom. The Morgan fingerprint density at radius 3 is 2.67 bits per heavy atom. The molecule has 0 radical (unpaired) electrons. The van der Waals surface area contributed by atoms with Gasteiger partial charge < -0.3 is 16.2 Å². The van der Waals surface area contributed by atoms with Crippen molar-refractivity contribution in [2.45, 2.75) is 26.2 Å². The van der Waals surface area contributed by atoms with Crippen molar-refractivity contribution in [1.82, 2.24) is 15.5 Å². The van der Waals surface area contributed by atoms with Gasteiger partial charge in [0.2, 0.25) is 0 Å². The topological polar surface area (TPSA) is 87.0 Å². The molecule has 0 saturated heterocycles. The summed E-state index contributed by atoms with van der Waals surface area (Å²) in [6.07, 6.45) is 0.